The fourth-order valence-electron chi connectivity index (χ4n) is 1.69. The van der Waals surface area contributed by atoms with Crippen LogP contribution in [0.3, 0.4) is 0 Å². The van der Waals surface area contributed by atoms with Gasteiger partial charge in [-0.2, -0.15) is 0 Å². The van der Waals surface area contributed by atoms with Gasteiger partial charge in [-0.25, -0.2) is 8.42 Å². The summed E-state index contributed by atoms with van der Waals surface area (Å²) >= 11 is 1.14. The van der Waals surface area contributed by atoms with E-state index in [1.807, 2.05) is 18.5 Å². The molecule has 9 heteroatoms. The first-order chi connectivity index (χ1) is 9.06. The van der Waals surface area contributed by atoms with E-state index in [1.165, 1.54) is 5.51 Å². The lowest BCUT2D eigenvalue weighted by Gasteiger charge is -2.03. The van der Waals surface area contributed by atoms with Gasteiger partial charge < -0.3 is 9.88 Å². The maximum absolute atomic E-state index is 12.2. The van der Waals surface area contributed by atoms with Crippen LogP contribution < -0.4 is 10.0 Å². The molecular formula is C10H15N5O2S2. The van der Waals surface area contributed by atoms with Crippen molar-refractivity contribution in [3.8, 4) is 0 Å². The summed E-state index contributed by atoms with van der Waals surface area (Å²) in [7, 11) is -1.78. The highest BCUT2D eigenvalue weighted by Crippen LogP contribution is 2.19. The fourth-order valence-corrected chi connectivity index (χ4v) is 3.44. The van der Waals surface area contributed by atoms with E-state index < -0.39 is 10.0 Å². The molecule has 2 rings (SSSR count). The standard InChI is InChI=1S/C10H15N5O2S2/c1-3-15-6-9(4-8(15)5-11-2)19(16,17)14-10-13-12-7-18-10/h4,6-7,11H,3,5H2,1-2H3,(H,13,14). The number of sulfonamides is 1. The first kappa shape index (κ1) is 14.0. The highest BCUT2D eigenvalue weighted by Gasteiger charge is 2.19. The van der Waals surface area contributed by atoms with E-state index in [0.717, 1.165) is 17.0 Å². The molecule has 0 spiro atoms. The average molecular weight is 301 g/mol. The van der Waals surface area contributed by atoms with E-state index in [1.54, 1.807) is 12.3 Å². The van der Waals surface area contributed by atoms with Crippen LogP contribution in [0, 0.1) is 0 Å². The van der Waals surface area contributed by atoms with Gasteiger partial charge in [0.2, 0.25) is 5.13 Å². The molecular weight excluding hydrogens is 286 g/mol. The van der Waals surface area contributed by atoms with Crippen molar-refractivity contribution in [2.45, 2.75) is 24.9 Å². The number of nitrogens with one attached hydrogen (secondary N) is 2. The third kappa shape index (κ3) is 3.11. The molecule has 2 heterocycles. The van der Waals surface area contributed by atoms with Crippen molar-refractivity contribution in [3.63, 3.8) is 0 Å². The SMILES string of the molecule is CCn1cc(S(=O)(=O)Nc2nncs2)cc1CNC. The van der Waals surface area contributed by atoms with Gasteiger partial charge in [-0.15, -0.1) is 10.2 Å². The van der Waals surface area contributed by atoms with Gasteiger partial charge in [0.05, 0.1) is 0 Å². The number of nitrogens with zero attached hydrogens (tertiary/aromatic N) is 3. The van der Waals surface area contributed by atoms with Crippen LogP contribution in [0.25, 0.3) is 0 Å². The zero-order valence-electron chi connectivity index (χ0n) is 10.6. The van der Waals surface area contributed by atoms with Crippen LogP contribution in [0.5, 0.6) is 0 Å². The van der Waals surface area contributed by atoms with Gasteiger partial charge in [-0.05, 0) is 20.0 Å². The molecule has 19 heavy (non-hydrogen) atoms. The average Bonchev–Trinajstić information content (AvgIpc) is 2.98. The summed E-state index contributed by atoms with van der Waals surface area (Å²) < 4.78 is 28.7. The highest BCUT2D eigenvalue weighted by atomic mass is 32.2. The number of aromatic nitrogens is 3. The Morgan fingerprint density at radius 3 is 2.84 bits per heavy atom. The second-order valence-electron chi connectivity index (χ2n) is 3.83. The third-order valence-electron chi connectivity index (χ3n) is 2.55. The lowest BCUT2D eigenvalue weighted by Crippen LogP contribution is -2.12. The molecule has 2 N–H and O–H groups in total. The van der Waals surface area contributed by atoms with Gasteiger partial charge >= 0.3 is 0 Å². The number of hydrogen-bond donors (Lipinski definition) is 2. The van der Waals surface area contributed by atoms with Crippen molar-refractivity contribution < 1.29 is 8.42 Å². The van der Waals surface area contributed by atoms with E-state index >= 15 is 0 Å². The topological polar surface area (TPSA) is 88.9 Å². The Kier molecular flexibility index (Phi) is 4.17. The minimum absolute atomic E-state index is 0.231. The minimum Gasteiger partial charge on any atom is -0.349 e. The van der Waals surface area contributed by atoms with Crippen molar-refractivity contribution >= 4 is 26.5 Å². The molecule has 104 valence electrons. The van der Waals surface area contributed by atoms with Crippen LogP contribution in [0.2, 0.25) is 0 Å². The first-order valence-electron chi connectivity index (χ1n) is 5.69. The van der Waals surface area contributed by atoms with Crippen LogP contribution in [0.1, 0.15) is 12.6 Å². The molecule has 2 aromatic rings. The predicted octanol–water partition coefficient (Wildman–Crippen LogP) is 0.880. The molecule has 0 aliphatic rings. The van der Waals surface area contributed by atoms with Gasteiger partial charge in [0.25, 0.3) is 10.0 Å². The zero-order chi connectivity index (χ0) is 13.9. The second-order valence-corrected chi connectivity index (χ2v) is 6.35. The Balaban J connectivity index is 2.30. The fraction of sp³-hybridized carbons (Fsp3) is 0.400. The van der Waals surface area contributed by atoms with Crippen molar-refractivity contribution in [1.29, 1.82) is 0 Å². The Bertz CT molecular complexity index is 633. The quantitative estimate of drug-likeness (QED) is 0.827. The maximum atomic E-state index is 12.2. The van der Waals surface area contributed by atoms with Gasteiger partial charge in [0.15, 0.2) is 0 Å². The lowest BCUT2D eigenvalue weighted by molar-refractivity contribution is 0.600. The molecule has 0 amide bonds. The molecule has 2 aromatic heterocycles. The summed E-state index contributed by atoms with van der Waals surface area (Å²) in [6, 6.07) is 1.66. The van der Waals surface area contributed by atoms with Gasteiger partial charge in [-0.1, -0.05) is 11.3 Å². The van der Waals surface area contributed by atoms with Crippen molar-refractivity contribution in [2.24, 2.45) is 0 Å². The monoisotopic (exact) mass is 301 g/mol. The Morgan fingerprint density at radius 1 is 1.47 bits per heavy atom. The van der Waals surface area contributed by atoms with Crippen LogP contribution in [0.4, 0.5) is 5.13 Å². The number of aryl methyl sites for hydroxylation is 1. The largest absolute Gasteiger partial charge is 0.349 e. The van der Waals surface area contributed by atoms with E-state index in [2.05, 4.69) is 20.2 Å². The third-order valence-corrected chi connectivity index (χ3v) is 4.59. The molecule has 0 unspecified atom stereocenters. The first-order valence-corrected chi connectivity index (χ1v) is 8.05. The van der Waals surface area contributed by atoms with Gasteiger partial charge in [-0.3, -0.25) is 4.72 Å². The number of anilines is 1. The van der Waals surface area contributed by atoms with Gasteiger partial charge in [0.1, 0.15) is 10.4 Å². The normalized spacial score (nSPS) is 11.7. The molecule has 0 saturated carbocycles. The Morgan fingerprint density at radius 2 is 2.26 bits per heavy atom. The molecule has 0 atom stereocenters. The van der Waals surface area contributed by atoms with E-state index in [0.29, 0.717) is 13.1 Å². The highest BCUT2D eigenvalue weighted by molar-refractivity contribution is 7.93. The maximum Gasteiger partial charge on any atom is 0.265 e. The van der Waals surface area contributed by atoms with Gasteiger partial charge in [0, 0.05) is 25.0 Å². The Labute approximate surface area is 115 Å². The summed E-state index contributed by atoms with van der Waals surface area (Å²) in [6.07, 6.45) is 1.62. The zero-order valence-corrected chi connectivity index (χ0v) is 12.3. The predicted molar refractivity (Wildman–Crippen MR) is 73.6 cm³/mol. The van der Waals surface area contributed by atoms with Crippen LogP contribution in [0.15, 0.2) is 22.7 Å². The molecule has 0 fully saturated rings. The summed E-state index contributed by atoms with van der Waals surface area (Å²) in [6.45, 7) is 3.29. The molecule has 7 nitrogen and oxygen atoms in total. The summed E-state index contributed by atoms with van der Waals surface area (Å²) in [5.74, 6) is 0. The van der Waals surface area contributed by atoms with E-state index in [4.69, 9.17) is 0 Å². The molecule has 0 bridgehead atoms. The van der Waals surface area contributed by atoms with E-state index in [-0.39, 0.29) is 10.0 Å². The van der Waals surface area contributed by atoms with Crippen LogP contribution >= 0.6 is 11.3 Å². The van der Waals surface area contributed by atoms with Crippen LogP contribution in [-0.4, -0.2) is 30.2 Å². The Hall–Kier alpha value is -1.45. The van der Waals surface area contributed by atoms with E-state index in [9.17, 15) is 8.42 Å². The van der Waals surface area contributed by atoms with Crippen molar-refractivity contribution in [3.05, 3.63) is 23.5 Å². The number of hydrogen-bond acceptors (Lipinski definition) is 6. The minimum atomic E-state index is -3.60. The number of rotatable bonds is 6. The van der Waals surface area contributed by atoms with Crippen molar-refractivity contribution in [1.82, 2.24) is 20.1 Å². The molecule has 0 aliphatic heterocycles. The summed E-state index contributed by atoms with van der Waals surface area (Å²) in [4.78, 5) is 0.231. The summed E-state index contributed by atoms with van der Waals surface area (Å²) in [5.41, 5.74) is 2.39. The second kappa shape index (κ2) is 5.68. The molecule has 0 radical (unpaired) electrons. The van der Waals surface area contributed by atoms with Crippen molar-refractivity contribution in [2.75, 3.05) is 11.8 Å². The summed E-state index contributed by atoms with van der Waals surface area (Å²) in [5, 5.41) is 10.5. The lowest BCUT2D eigenvalue weighted by atomic mass is 10.4. The molecule has 0 aromatic carbocycles. The molecule has 0 saturated heterocycles. The van der Waals surface area contributed by atoms with Crippen LogP contribution in [-0.2, 0) is 23.1 Å². The molecule has 0 aliphatic carbocycles. The smallest absolute Gasteiger partial charge is 0.265 e.